The van der Waals surface area contributed by atoms with Gasteiger partial charge in [-0.05, 0) is 61.2 Å². The third-order valence-corrected chi connectivity index (χ3v) is 4.66. The Balaban J connectivity index is 2.44. The highest BCUT2D eigenvalue weighted by Gasteiger charge is 2.14. The second-order valence-electron chi connectivity index (χ2n) is 5.34. The molecule has 0 amide bonds. The van der Waals surface area contributed by atoms with E-state index in [4.69, 9.17) is 0 Å². The molecule has 20 heavy (non-hydrogen) atoms. The Morgan fingerprint density at radius 2 is 1.50 bits per heavy atom. The highest BCUT2D eigenvalue weighted by molar-refractivity contribution is 9.10. The van der Waals surface area contributed by atoms with Crippen LogP contribution in [0.3, 0.4) is 0 Å². The molecule has 2 aromatic rings. The first kappa shape index (κ1) is 15.3. The molecule has 0 spiro atoms. The van der Waals surface area contributed by atoms with E-state index in [1.807, 2.05) is 0 Å². The van der Waals surface area contributed by atoms with Crippen LogP contribution in [0.5, 0.6) is 0 Å². The number of aryl methyl sites for hydroxylation is 3. The molecule has 0 saturated carbocycles. The zero-order valence-corrected chi connectivity index (χ0v) is 14.2. The molecule has 2 aromatic carbocycles. The van der Waals surface area contributed by atoms with Gasteiger partial charge in [-0.3, -0.25) is 0 Å². The number of nitrogens with one attached hydrogen (secondary N) is 1. The lowest BCUT2D eigenvalue weighted by Gasteiger charge is -2.20. The average molecular weight is 332 g/mol. The summed E-state index contributed by atoms with van der Waals surface area (Å²) in [5, 5.41) is 3.59. The maximum atomic E-state index is 3.64. The predicted octanol–water partition coefficient (Wildman–Crippen LogP) is 5.07. The van der Waals surface area contributed by atoms with E-state index in [0.29, 0.717) is 0 Å². The predicted molar refractivity (Wildman–Crippen MR) is 90.3 cm³/mol. The van der Waals surface area contributed by atoms with Crippen molar-refractivity contribution in [3.8, 4) is 0 Å². The van der Waals surface area contributed by atoms with Crippen molar-refractivity contribution in [2.24, 2.45) is 0 Å². The number of hydrogen-bond donors (Lipinski definition) is 1. The van der Waals surface area contributed by atoms with Crippen LogP contribution in [0.2, 0.25) is 0 Å². The summed E-state index contributed by atoms with van der Waals surface area (Å²) in [5.41, 5.74) is 6.58. The first-order chi connectivity index (χ1) is 9.52. The van der Waals surface area contributed by atoms with Gasteiger partial charge in [-0.1, -0.05) is 53.2 Å². The average Bonchev–Trinajstić information content (AvgIpc) is 2.43. The largest absolute Gasteiger partial charge is 0.307 e. The molecule has 0 saturated heterocycles. The van der Waals surface area contributed by atoms with E-state index < -0.39 is 0 Å². The minimum absolute atomic E-state index is 0.246. The Morgan fingerprint density at radius 3 is 2.05 bits per heavy atom. The molecule has 0 bridgehead atoms. The maximum absolute atomic E-state index is 3.64. The van der Waals surface area contributed by atoms with E-state index in [1.165, 1.54) is 32.3 Å². The van der Waals surface area contributed by atoms with Crippen LogP contribution in [0.4, 0.5) is 0 Å². The van der Waals surface area contributed by atoms with Crippen LogP contribution in [0, 0.1) is 20.8 Å². The molecule has 2 rings (SSSR count). The molecule has 2 heteroatoms. The van der Waals surface area contributed by atoms with Gasteiger partial charge in [-0.2, -0.15) is 0 Å². The fourth-order valence-corrected chi connectivity index (χ4v) is 2.76. The van der Waals surface area contributed by atoms with Crippen molar-refractivity contribution in [3.63, 3.8) is 0 Å². The molecule has 0 radical (unpaired) electrons. The number of hydrogen-bond acceptors (Lipinski definition) is 1. The highest BCUT2D eigenvalue weighted by Crippen LogP contribution is 2.27. The van der Waals surface area contributed by atoms with E-state index in [9.17, 15) is 0 Å². The summed E-state index contributed by atoms with van der Waals surface area (Å²) < 4.78 is 1.17. The van der Waals surface area contributed by atoms with E-state index >= 15 is 0 Å². The van der Waals surface area contributed by atoms with E-state index in [1.54, 1.807) is 0 Å². The van der Waals surface area contributed by atoms with Crippen LogP contribution in [-0.4, -0.2) is 6.54 Å². The Bertz CT molecular complexity index is 553. The fourth-order valence-electron chi connectivity index (χ4n) is 2.37. The zero-order chi connectivity index (χ0) is 14.7. The topological polar surface area (TPSA) is 12.0 Å². The molecule has 1 nitrogen and oxygen atoms in total. The molecule has 1 atom stereocenters. The van der Waals surface area contributed by atoms with E-state index in [-0.39, 0.29) is 6.04 Å². The SMILES string of the molecule is CCNC(c1ccc(C)c(C)c1)c1ccc(C)c(Br)c1. The highest BCUT2D eigenvalue weighted by atomic mass is 79.9. The monoisotopic (exact) mass is 331 g/mol. The minimum Gasteiger partial charge on any atom is -0.307 e. The van der Waals surface area contributed by atoms with Crippen molar-refractivity contribution in [3.05, 3.63) is 68.7 Å². The fraction of sp³-hybridized carbons (Fsp3) is 0.333. The first-order valence-corrected chi connectivity index (χ1v) is 7.88. The summed E-state index contributed by atoms with van der Waals surface area (Å²) in [5.74, 6) is 0. The number of benzene rings is 2. The summed E-state index contributed by atoms with van der Waals surface area (Å²) >= 11 is 3.64. The van der Waals surface area contributed by atoms with Gasteiger partial charge in [0.2, 0.25) is 0 Å². The van der Waals surface area contributed by atoms with Crippen LogP contribution >= 0.6 is 15.9 Å². The van der Waals surface area contributed by atoms with Gasteiger partial charge in [0.05, 0.1) is 6.04 Å². The van der Waals surface area contributed by atoms with Crippen molar-refractivity contribution in [1.82, 2.24) is 5.32 Å². The standard InChI is InChI=1S/C18H22BrN/c1-5-20-18(15-8-6-12(2)14(4)10-15)16-9-7-13(3)17(19)11-16/h6-11,18,20H,5H2,1-4H3. The Labute approximate surface area is 130 Å². The van der Waals surface area contributed by atoms with E-state index in [0.717, 1.165) is 6.54 Å². The normalized spacial score (nSPS) is 12.4. The summed E-state index contributed by atoms with van der Waals surface area (Å²) in [7, 11) is 0. The van der Waals surface area contributed by atoms with Crippen LogP contribution in [-0.2, 0) is 0 Å². The summed E-state index contributed by atoms with van der Waals surface area (Å²) in [6.45, 7) is 9.54. The van der Waals surface area contributed by atoms with Crippen LogP contribution in [0.25, 0.3) is 0 Å². The molecule has 0 fully saturated rings. The molecular weight excluding hydrogens is 310 g/mol. The molecule has 0 aliphatic carbocycles. The van der Waals surface area contributed by atoms with Crippen LogP contribution in [0.1, 0.15) is 40.8 Å². The Morgan fingerprint density at radius 1 is 0.900 bits per heavy atom. The Hall–Kier alpha value is -1.12. The number of rotatable bonds is 4. The molecule has 106 valence electrons. The van der Waals surface area contributed by atoms with Crippen LogP contribution in [0.15, 0.2) is 40.9 Å². The first-order valence-electron chi connectivity index (χ1n) is 7.09. The third kappa shape index (κ3) is 3.31. The van der Waals surface area contributed by atoms with Gasteiger partial charge in [-0.25, -0.2) is 0 Å². The van der Waals surface area contributed by atoms with Gasteiger partial charge in [0.1, 0.15) is 0 Å². The molecule has 0 heterocycles. The van der Waals surface area contributed by atoms with Gasteiger partial charge >= 0.3 is 0 Å². The van der Waals surface area contributed by atoms with Gasteiger partial charge in [0.15, 0.2) is 0 Å². The van der Waals surface area contributed by atoms with Crippen molar-refractivity contribution in [2.75, 3.05) is 6.54 Å². The van der Waals surface area contributed by atoms with Crippen molar-refractivity contribution in [2.45, 2.75) is 33.7 Å². The maximum Gasteiger partial charge on any atom is 0.0577 e. The minimum atomic E-state index is 0.246. The molecule has 0 aliphatic heterocycles. The molecule has 0 aliphatic rings. The molecule has 1 unspecified atom stereocenters. The number of halogens is 1. The van der Waals surface area contributed by atoms with Crippen molar-refractivity contribution < 1.29 is 0 Å². The lowest BCUT2D eigenvalue weighted by atomic mass is 9.95. The van der Waals surface area contributed by atoms with Crippen molar-refractivity contribution in [1.29, 1.82) is 0 Å². The third-order valence-electron chi connectivity index (χ3n) is 3.80. The van der Waals surface area contributed by atoms with Crippen LogP contribution < -0.4 is 5.32 Å². The molecule has 0 aromatic heterocycles. The quantitative estimate of drug-likeness (QED) is 0.824. The summed E-state index contributed by atoms with van der Waals surface area (Å²) in [6, 6.07) is 13.6. The zero-order valence-electron chi connectivity index (χ0n) is 12.6. The molecule has 1 N–H and O–H groups in total. The van der Waals surface area contributed by atoms with Gasteiger partial charge in [-0.15, -0.1) is 0 Å². The summed E-state index contributed by atoms with van der Waals surface area (Å²) in [6.07, 6.45) is 0. The second-order valence-corrected chi connectivity index (χ2v) is 6.20. The summed E-state index contributed by atoms with van der Waals surface area (Å²) in [4.78, 5) is 0. The van der Waals surface area contributed by atoms with E-state index in [2.05, 4.69) is 85.3 Å². The van der Waals surface area contributed by atoms with Gasteiger partial charge in [0, 0.05) is 4.47 Å². The Kier molecular flexibility index (Phi) is 5.00. The second kappa shape index (κ2) is 6.55. The lowest BCUT2D eigenvalue weighted by molar-refractivity contribution is 0.630. The smallest absolute Gasteiger partial charge is 0.0577 e. The van der Waals surface area contributed by atoms with Crippen molar-refractivity contribution >= 4 is 15.9 Å². The van der Waals surface area contributed by atoms with Gasteiger partial charge < -0.3 is 5.32 Å². The van der Waals surface area contributed by atoms with Gasteiger partial charge in [0.25, 0.3) is 0 Å². The molecular formula is C18H22BrN. The lowest BCUT2D eigenvalue weighted by Crippen LogP contribution is -2.22.